The lowest BCUT2D eigenvalue weighted by Gasteiger charge is -2.42. The van der Waals surface area contributed by atoms with Gasteiger partial charge < -0.3 is 15.2 Å². The summed E-state index contributed by atoms with van der Waals surface area (Å²) < 4.78 is 7.32. The number of fused-ring (bicyclic) bond motifs is 1. The maximum atomic E-state index is 12.3. The fourth-order valence-electron chi connectivity index (χ4n) is 3.58. The van der Waals surface area contributed by atoms with E-state index in [1.807, 2.05) is 30.3 Å². The monoisotopic (exact) mass is 402 g/mol. The minimum Gasteiger partial charge on any atom is -0.485 e. The number of benzene rings is 2. The van der Waals surface area contributed by atoms with E-state index in [1.54, 1.807) is 38.1 Å². The Morgan fingerprint density at radius 1 is 1.20 bits per heavy atom. The van der Waals surface area contributed by atoms with Gasteiger partial charge in [0.15, 0.2) is 0 Å². The van der Waals surface area contributed by atoms with Gasteiger partial charge in [-0.1, -0.05) is 30.3 Å². The van der Waals surface area contributed by atoms with Crippen molar-refractivity contribution >= 4 is 5.82 Å². The molecule has 0 aliphatic carbocycles. The summed E-state index contributed by atoms with van der Waals surface area (Å²) >= 11 is 0. The number of hydrogen-bond donors (Lipinski definition) is 2. The Kier molecular flexibility index (Phi) is 5.02. The van der Waals surface area contributed by atoms with Gasteiger partial charge in [0.05, 0.1) is 24.2 Å². The van der Waals surface area contributed by atoms with E-state index < -0.39 is 17.7 Å². The molecular formula is C23H22N4O3. The maximum Gasteiger partial charge on any atom is 0.267 e. The van der Waals surface area contributed by atoms with Crippen LogP contribution < -0.4 is 15.6 Å². The van der Waals surface area contributed by atoms with E-state index in [4.69, 9.17) is 4.74 Å². The molecule has 0 saturated heterocycles. The van der Waals surface area contributed by atoms with E-state index >= 15 is 0 Å². The third-order valence-corrected chi connectivity index (χ3v) is 5.22. The predicted molar refractivity (Wildman–Crippen MR) is 112 cm³/mol. The van der Waals surface area contributed by atoms with Crippen LogP contribution in [-0.4, -0.2) is 26.6 Å². The number of aromatic nitrogens is 2. The Labute approximate surface area is 174 Å². The minimum atomic E-state index is -0.907. The molecule has 0 radical (unpaired) electrons. The van der Waals surface area contributed by atoms with Gasteiger partial charge in [-0.2, -0.15) is 10.4 Å². The third-order valence-electron chi connectivity index (χ3n) is 5.22. The van der Waals surface area contributed by atoms with E-state index in [2.05, 4.69) is 16.5 Å². The van der Waals surface area contributed by atoms with Gasteiger partial charge in [0.1, 0.15) is 23.3 Å². The first-order valence-corrected chi connectivity index (χ1v) is 9.67. The molecule has 1 aromatic heterocycles. The van der Waals surface area contributed by atoms with Gasteiger partial charge >= 0.3 is 0 Å². The van der Waals surface area contributed by atoms with Crippen molar-refractivity contribution in [2.75, 3.05) is 5.32 Å². The van der Waals surface area contributed by atoms with Crippen molar-refractivity contribution in [3.8, 4) is 11.8 Å². The highest BCUT2D eigenvalue weighted by atomic mass is 16.5. The molecule has 2 N–H and O–H groups in total. The van der Waals surface area contributed by atoms with Gasteiger partial charge in [-0.25, -0.2) is 4.68 Å². The summed E-state index contributed by atoms with van der Waals surface area (Å²) in [4.78, 5) is 12.3. The molecule has 7 heteroatoms. The quantitative estimate of drug-likeness (QED) is 0.696. The molecule has 30 heavy (non-hydrogen) atoms. The van der Waals surface area contributed by atoms with Gasteiger partial charge in [0, 0.05) is 11.6 Å². The van der Waals surface area contributed by atoms with Crippen LogP contribution in [0.2, 0.25) is 0 Å². The van der Waals surface area contributed by atoms with Crippen LogP contribution in [0.1, 0.15) is 36.6 Å². The number of nitriles is 1. The van der Waals surface area contributed by atoms with Gasteiger partial charge in [0.25, 0.3) is 5.56 Å². The Bertz CT molecular complexity index is 1170. The molecule has 2 unspecified atom stereocenters. The summed E-state index contributed by atoms with van der Waals surface area (Å²) in [5.74, 6) is 1.04. The number of hydrogen-bond acceptors (Lipinski definition) is 6. The molecule has 2 heterocycles. The molecule has 0 fully saturated rings. The SMILES string of the molecule is CC1(C)Oc2ccc(C#N)cc2C(Nc2ccc(=O)n(Cc3ccccc3)n2)C1O. The van der Waals surface area contributed by atoms with E-state index in [-0.39, 0.29) is 5.56 Å². The number of aliphatic hydroxyl groups excluding tert-OH is 1. The van der Waals surface area contributed by atoms with Crippen LogP contribution in [0.15, 0.2) is 65.5 Å². The van der Waals surface area contributed by atoms with E-state index in [0.717, 1.165) is 5.56 Å². The highest BCUT2D eigenvalue weighted by Crippen LogP contribution is 2.41. The molecule has 1 aliphatic heterocycles. The number of rotatable bonds is 4. The summed E-state index contributed by atoms with van der Waals surface area (Å²) in [5, 5.41) is 27.9. The summed E-state index contributed by atoms with van der Waals surface area (Å²) in [6.07, 6.45) is -0.907. The molecule has 0 bridgehead atoms. The molecule has 2 aromatic carbocycles. The van der Waals surface area contributed by atoms with Crippen molar-refractivity contribution in [1.29, 1.82) is 5.26 Å². The van der Waals surface area contributed by atoms with E-state index in [1.165, 1.54) is 10.7 Å². The van der Waals surface area contributed by atoms with Crippen molar-refractivity contribution in [3.05, 3.63) is 87.7 Å². The Balaban J connectivity index is 1.69. The number of nitrogens with zero attached hydrogens (tertiary/aromatic N) is 3. The van der Waals surface area contributed by atoms with Gasteiger partial charge in [-0.3, -0.25) is 4.79 Å². The van der Waals surface area contributed by atoms with Crippen molar-refractivity contribution < 1.29 is 9.84 Å². The molecule has 2 atom stereocenters. The van der Waals surface area contributed by atoms with Crippen LogP contribution in [0.3, 0.4) is 0 Å². The zero-order valence-corrected chi connectivity index (χ0v) is 16.7. The highest BCUT2D eigenvalue weighted by Gasteiger charge is 2.43. The summed E-state index contributed by atoms with van der Waals surface area (Å²) in [5.41, 5.74) is 1.03. The zero-order valence-electron chi connectivity index (χ0n) is 16.7. The van der Waals surface area contributed by atoms with Gasteiger partial charge in [-0.05, 0) is 43.7 Å². The topological polar surface area (TPSA) is 100 Å². The Morgan fingerprint density at radius 3 is 2.70 bits per heavy atom. The average molecular weight is 402 g/mol. The van der Waals surface area contributed by atoms with Crippen LogP contribution in [-0.2, 0) is 6.54 Å². The van der Waals surface area contributed by atoms with Crippen LogP contribution in [0.5, 0.6) is 5.75 Å². The minimum absolute atomic E-state index is 0.218. The maximum absolute atomic E-state index is 12.3. The van der Waals surface area contributed by atoms with Crippen molar-refractivity contribution in [2.24, 2.45) is 0 Å². The smallest absolute Gasteiger partial charge is 0.267 e. The van der Waals surface area contributed by atoms with E-state index in [9.17, 15) is 15.2 Å². The standard InChI is InChI=1S/C23H22N4O3/c1-23(2)22(29)21(17-12-16(13-24)8-9-18(17)30-23)25-19-10-11-20(28)27(26-19)14-15-6-4-3-5-7-15/h3-12,21-22,29H,14H2,1-2H3,(H,25,26). The molecule has 1 aliphatic rings. The molecule has 0 amide bonds. The number of aliphatic hydroxyl groups is 1. The second-order valence-corrected chi connectivity index (χ2v) is 7.84. The number of ether oxygens (including phenoxy) is 1. The van der Waals surface area contributed by atoms with Gasteiger partial charge in [-0.15, -0.1) is 0 Å². The molecule has 0 spiro atoms. The first kappa shape index (κ1) is 19.7. The van der Waals surface area contributed by atoms with Crippen LogP contribution in [0.25, 0.3) is 0 Å². The predicted octanol–water partition coefficient (Wildman–Crippen LogP) is 2.85. The Hall–Kier alpha value is -3.63. The van der Waals surface area contributed by atoms with Gasteiger partial charge in [0.2, 0.25) is 0 Å². The molecule has 0 saturated carbocycles. The first-order chi connectivity index (χ1) is 14.4. The van der Waals surface area contributed by atoms with Crippen LogP contribution >= 0.6 is 0 Å². The first-order valence-electron chi connectivity index (χ1n) is 9.67. The van der Waals surface area contributed by atoms with Crippen molar-refractivity contribution in [3.63, 3.8) is 0 Å². The second kappa shape index (κ2) is 7.65. The number of nitrogens with one attached hydrogen (secondary N) is 1. The summed E-state index contributed by atoms with van der Waals surface area (Å²) in [6.45, 7) is 3.95. The fraction of sp³-hybridized carbons (Fsp3) is 0.261. The summed E-state index contributed by atoms with van der Waals surface area (Å²) in [7, 11) is 0. The van der Waals surface area contributed by atoms with E-state index in [0.29, 0.717) is 29.2 Å². The third kappa shape index (κ3) is 3.78. The Morgan fingerprint density at radius 2 is 1.97 bits per heavy atom. The number of anilines is 1. The zero-order chi connectivity index (χ0) is 21.3. The summed E-state index contributed by atoms with van der Waals surface area (Å²) in [6, 6.07) is 19.3. The normalized spacial score (nSPS) is 19.3. The second-order valence-electron chi connectivity index (χ2n) is 7.84. The van der Waals surface area contributed by atoms with Crippen LogP contribution in [0.4, 0.5) is 5.82 Å². The highest BCUT2D eigenvalue weighted by molar-refractivity contribution is 5.50. The van der Waals surface area contributed by atoms with Crippen molar-refractivity contribution in [1.82, 2.24) is 9.78 Å². The molecule has 152 valence electrons. The lowest BCUT2D eigenvalue weighted by atomic mass is 9.86. The molecule has 4 rings (SSSR count). The fourth-order valence-corrected chi connectivity index (χ4v) is 3.58. The van der Waals surface area contributed by atoms with Crippen molar-refractivity contribution in [2.45, 2.75) is 38.1 Å². The lowest BCUT2D eigenvalue weighted by Crippen LogP contribution is -2.50. The molecular weight excluding hydrogens is 380 g/mol. The average Bonchev–Trinajstić information content (AvgIpc) is 2.74. The largest absolute Gasteiger partial charge is 0.485 e. The molecule has 3 aromatic rings. The molecule has 7 nitrogen and oxygen atoms in total. The lowest BCUT2D eigenvalue weighted by molar-refractivity contribution is -0.0533. The van der Waals surface area contributed by atoms with Crippen LogP contribution in [0, 0.1) is 11.3 Å².